The molecule has 0 fully saturated rings. The molecule has 0 spiro atoms. The van der Waals surface area contributed by atoms with E-state index in [1.54, 1.807) is 0 Å². The number of rotatable bonds is 2. The molecule has 0 bridgehead atoms. The molecule has 0 amide bonds. The van der Waals surface area contributed by atoms with Gasteiger partial charge in [0.25, 0.3) is 0 Å². The highest BCUT2D eigenvalue weighted by atomic mass is 15.0. The van der Waals surface area contributed by atoms with Crippen molar-refractivity contribution >= 4 is 17.9 Å². The second-order valence-electron chi connectivity index (χ2n) is 3.70. The summed E-state index contributed by atoms with van der Waals surface area (Å²) in [6.45, 7) is 3.49. The molecule has 0 saturated heterocycles. The molecule has 0 saturated carbocycles. The molecule has 0 unspecified atom stereocenters. The number of hydrogen-bond donors (Lipinski definition) is 2. The van der Waals surface area contributed by atoms with Crippen molar-refractivity contribution in [3.8, 4) is 0 Å². The fourth-order valence-corrected chi connectivity index (χ4v) is 2.19. The van der Waals surface area contributed by atoms with E-state index in [9.17, 15) is 0 Å². The highest BCUT2D eigenvalue weighted by Gasteiger charge is 2.23. The molecule has 1 aliphatic heterocycles. The lowest BCUT2D eigenvalue weighted by Gasteiger charge is -2.11. The van der Waals surface area contributed by atoms with E-state index in [-0.39, 0.29) is 0 Å². The smallest absolute Gasteiger partial charge is 0.176 e. The van der Waals surface area contributed by atoms with Crippen LogP contribution in [0.2, 0.25) is 13.1 Å². The van der Waals surface area contributed by atoms with E-state index in [0.29, 0.717) is 13.4 Å². The van der Waals surface area contributed by atoms with Crippen molar-refractivity contribution in [1.82, 2.24) is 0 Å². The minimum atomic E-state index is 0.517. The Kier molecular flexibility index (Phi) is 2.27. The molecule has 1 aromatic rings. The van der Waals surface area contributed by atoms with Gasteiger partial charge in [-0.05, 0) is 12.5 Å². The molecule has 0 atom stereocenters. The predicted octanol–water partition coefficient (Wildman–Crippen LogP) is 0.902. The van der Waals surface area contributed by atoms with E-state index in [2.05, 4.69) is 30.3 Å². The molecular formula is C10H15BN2. The van der Waals surface area contributed by atoms with Crippen LogP contribution in [-0.4, -0.2) is 13.4 Å². The molecule has 1 aliphatic rings. The number of hydrogen-bond acceptors (Lipinski definition) is 2. The first-order valence-electron chi connectivity index (χ1n) is 4.88. The van der Waals surface area contributed by atoms with E-state index < -0.39 is 0 Å². The lowest BCUT2D eigenvalue weighted by Crippen LogP contribution is -2.27. The molecule has 68 valence electrons. The Balaban J connectivity index is 2.41. The zero-order valence-corrected chi connectivity index (χ0v) is 8.01. The molecule has 2 rings (SSSR count). The third-order valence-electron chi connectivity index (χ3n) is 2.83. The van der Waals surface area contributed by atoms with Crippen molar-refractivity contribution < 1.29 is 0 Å². The summed E-state index contributed by atoms with van der Waals surface area (Å²) in [6.07, 6.45) is 2.50. The first-order chi connectivity index (χ1) is 6.33. The van der Waals surface area contributed by atoms with Crippen LogP contribution in [0.4, 0.5) is 5.69 Å². The third-order valence-corrected chi connectivity index (χ3v) is 2.83. The lowest BCUT2D eigenvalue weighted by molar-refractivity contribution is 1.14. The number of aryl methyl sites for hydroxylation is 1. The largest absolute Gasteiger partial charge is 0.373 e. The van der Waals surface area contributed by atoms with E-state index in [1.165, 1.54) is 29.5 Å². The van der Waals surface area contributed by atoms with Crippen LogP contribution >= 0.6 is 0 Å². The van der Waals surface area contributed by atoms with Crippen LogP contribution in [0, 0.1) is 0 Å². The van der Waals surface area contributed by atoms with E-state index in [4.69, 9.17) is 5.73 Å². The molecule has 13 heavy (non-hydrogen) atoms. The number of nitrogens with two attached hydrogens (primary N) is 1. The molecule has 0 aromatic heterocycles. The molecule has 2 nitrogen and oxygen atoms in total. The highest BCUT2D eigenvalue weighted by molar-refractivity contribution is 6.75. The van der Waals surface area contributed by atoms with Crippen LogP contribution in [0.5, 0.6) is 0 Å². The van der Waals surface area contributed by atoms with Crippen LogP contribution in [0.1, 0.15) is 5.56 Å². The summed E-state index contributed by atoms with van der Waals surface area (Å²) in [4.78, 5) is 0. The topological polar surface area (TPSA) is 38.0 Å². The van der Waals surface area contributed by atoms with Crippen molar-refractivity contribution in [1.29, 1.82) is 0 Å². The van der Waals surface area contributed by atoms with Crippen LogP contribution in [0.15, 0.2) is 18.2 Å². The number of benzene rings is 1. The Morgan fingerprint density at radius 1 is 1.54 bits per heavy atom. The van der Waals surface area contributed by atoms with Crippen molar-refractivity contribution in [2.45, 2.75) is 19.6 Å². The van der Waals surface area contributed by atoms with Crippen LogP contribution in [0.3, 0.4) is 0 Å². The first kappa shape index (κ1) is 8.63. The van der Waals surface area contributed by atoms with Crippen molar-refractivity contribution in [3.63, 3.8) is 0 Å². The molecule has 1 heterocycles. The molecule has 1 aromatic carbocycles. The zero-order valence-electron chi connectivity index (χ0n) is 8.01. The maximum Gasteiger partial charge on any atom is 0.176 e. The molecule has 3 N–H and O–H groups in total. The van der Waals surface area contributed by atoms with Crippen LogP contribution in [-0.2, 0) is 6.42 Å². The summed E-state index contributed by atoms with van der Waals surface area (Å²) in [5.41, 5.74) is 9.69. The maximum absolute atomic E-state index is 5.49. The van der Waals surface area contributed by atoms with Crippen LogP contribution in [0.25, 0.3) is 0 Å². The third kappa shape index (κ3) is 1.44. The van der Waals surface area contributed by atoms with Crippen LogP contribution < -0.4 is 16.5 Å². The summed E-state index contributed by atoms with van der Waals surface area (Å²) in [5, 5.41) is 3.22. The Labute approximate surface area is 79.6 Å². The van der Waals surface area contributed by atoms with Gasteiger partial charge in [-0.3, -0.25) is 0 Å². The van der Waals surface area contributed by atoms with Gasteiger partial charge in [-0.25, -0.2) is 0 Å². The quantitative estimate of drug-likeness (QED) is 0.516. The lowest BCUT2D eigenvalue weighted by atomic mass is 9.47. The summed E-state index contributed by atoms with van der Waals surface area (Å²) >= 11 is 0. The Bertz CT molecular complexity index is 312. The van der Waals surface area contributed by atoms with Gasteiger partial charge in [0.1, 0.15) is 0 Å². The average molecular weight is 174 g/mol. The number of fused-ring (bicyclic) bond motifs is 1. The van der Waals surface area contributed by atoms with Gasteiger partial charge in [0.05, 0.1) is 6.67 Å². The zero-order chi connectivity index (χ0) is 9.26. The fourth-order valence-electron chi connectivity index (χ4n) is 2.19. The Hall–Kier alpha value is -0.955. The van der Waals surface area contributed by atoms with Gasteiger partial charge < -0.3 is 11.1 Å². The standard InChI is InChI=1S/C10H15BN2/c1-11-6-5-8-3-2-4-9(10(8)11)13-7-12/h2-4,13H,5-7,12H2,1H3. The second-order valence-corrected chi connectivity index (χ2v) is 3.70. The summed E-state index contributed by atoms with van der Waals surface area (Å²) in [6, 6.07) is 6.45. The van der Waals surface area contributed by atoms with Crippen molar-refractivity contribution in [2.24, 2.45) is 5.73 Å². The van der Waals surface area contributed by atoms with E-state index in [0.717, 1.165) is 0 Å². The molecule has 0 aliphatic carbocycles. The number of anilines is 1. The minimum Gasteiger partial charge on any atom is -0.373 e. The maximum atomic E-state index is 5.49. The van der Waals surface area contributed by atoms with Gasteiger partial charge >= 0.3 is 0 Å². The van der Waals surface area contributed by atoms with Gasteiger partial charge in [-0.15, -0.1) is 0 Å². The van der Waals surface area contributed by atoms with E-state index >= 15 is 0 Å². The summed E-state index contributed by atoms with van der Waals surface area (Å²) in [5.74, 6) is 0. The Morgan fingerprint density at radius 2 is 2.38 bits per heavy atom. The summed E-state index contributed by atoms with van der Waals surface area (Å²) < 4.78 is 0. The van der Waals surface area contributed by atoms with Gasteiger partial charge in [-0.1, -0.05) is 36.3 Å². The monoisotopic (exact) mass is 174 g/mol. The molecule has 3 heteroatoms. The van der Waals surface area contributed by atoms with E-state index in [1.807, 2.05) is 0 Å². The van der Waals surface area contributed by atoms with Gasteiger partial charge in [0.2, 0.25) is 0 Å². The molecular weight excluding hydrogens is 159 g/mol. The highest BCUT2D eigenvalue weighted by Crippen LogP contribution is 2.19. The first-order valence-corrected chi connectivity index (χ1v) is 4.88. The normalized spacial score (nSPS) is 14.5. The Morgan fingerprint density at radius 3 is 3.15 bits per heavy atom. The average Bonchev–Trinajstić information content (AvgIpc) is 2.50. The minimum absolute atomic E-state index is 0.517. The van der Waals surface area contributed by atoms with Gasteiger partial charge in [-0.2, -0.15) is 0 Å². The van der Waals surface area contributed by atoms with Gasteiger partial charge in [0, 0.05) is 5.69 Å². The second kappa shape index (κ2) is 3.42. The predicted molar refractivity (Wildman–Crippen MR) is 58.9 cm³/mol. The number of nitrogens with one attached hydrogen (secondary N) is 1. The van der Waals surface area contributed by atoms with Crippen molar-refractivity contribution in [2.75, 3.05) is 12.0 Å². The SMILES string of the molecule is CB1CCc2cccc(NCN)c21. The summed E-state index contributed by atoms with van der Waals surface area (Å²) in [7, 11) is 0. The van der Waals surface area contributed by atoms with Gasteiger partial charge in [0.15, 0.2) is 6.71 Å². The molecule has 0 radical (unpaired) electrons. The fraction of sp³-hybridized carbons (Fsp3) is 0.400. The van der Waals surface area contributed by atoms with Crippen molar-refractivity contribution in [3.05, 3.63) is 23.8 Å².